The van der Waals surface area contributed by atoms with Gasteiger partial charge in [0.05, 0.1) is 7.11 Å². The van der Waals surface area contributed by atoms with Gasteiger partial charge in [0.2, 0.25) is 0 Å². The van der Waals surface area contributed by atoms with Crippen molar-refractivity contribution < 1.29 is 14.3 Å². The highest BCUT2D eigenvalue weighted by Gasteiger charge is 2.27. The Bertz CT molecular complexity index is 1000. The van der Waals surface area contributed by atoms with Crippen molar-refractivity contribution >= 4 is 5.97 Å². The van der Waals surface area contributed by atoms with E-state index in [2.05, 4.69) is 22.0 Å². The lowest BCUT2D eigenvalue weighted by molar-refractivity contribution is 0.0592. The molecule has 0 spiro atoms. The van der Waals surface area contributed by atoms with E-state index >= 15 is 0 Å². The molecular weight excluding hydrogens is 394 g/mol. The van der Waals surface area contributed by atoms with Crippen LogP contribution in [0, 0.1) is 5.92 Å². The number of carbonyl (C=O) groups is 1. The quantitative estimate of drug-likeness (QED) is 0.526. The summed E-state index contributed by atoms with van der Waals surface area (Å²) in [5, 5.41) is 0. The molecule has 31 heavy (non-hydrogen) atoms. The molecule has 0 fully saturated rings. The van der Waals surface area contributed by atoms with Gasteiger partial charge in [-0.1, -0.05) is 12.2 Å². The normalized spacial score (nSPS) is 18.8. The van der Waals surface area contributed by atoms with Gasteiger partial charge in [0.1, 0.15) is 17.9 Å². The highest BCUT2D eigenvalue weighted by molar-refractivity contribution is 5.93. The first-order valence-corrected chi connectivity index (χ1v) is 10.9. The van der Waals surface area contributed by atoms with Crippen molar-refractivity contribution in [2.24, 2.45) is 5.92 Å². The van der Waals surface area contributed by atoms with Gasteiger partial charge in [-0.05, 0) is 42.9 Å². The Morgan fingerprint density at radius 3 is 2.77 bits per heavy atom. The Balaban J connectivity index is 1.58. The van der Waals surface area contributed by atoms with Crippen LogP contribution >= 0.6 is 0 Å². The molecule has 3 heterocycles. The molecule has 1 aliphatic heterocycles. The Morgan fingerprint density at radius 2 is 2.03 bits per heavy atom. The fourth-order valence-corrected chi connectivity index (χ4v) is 4.44. The van der Waals surface area contributed by atoms with Gasteiger partial charge in [0.15, 0.2) is 0 Å². The molecule has 0 aromatic carbocycles. The van der Waals surface area contributed by atoms with Crippen molar-refractivity contribution in [2.45, 2.75) is 38.8 Å². The van der Waals surface area contributed by atoms with Crippen molar-refractivity contribution in [1.29, 1.82) is 0 Å². The van der Waals surface area contributed by atoms with E-state index in [9.17, 15) is 9.59 Å². The van der Waals surface area contributed by atoms with Crippen LogP contribution in [0.4, 0.5) is 0 Å². The zero-order valence-electron chi connectivity index (χ0n) is 18.0. The molecule has 2 aliphatic rings. The van der Waals surface area contributed by atoms with E-state index in [1.807, 2.05) is 12.1 Å². The molecule has 0 radical (unpaired) electrons. The Hall–Kier alpha value is -2.93. The monoisotopic (exact) mass is 423 g/mol. The summed E-state index contributed by atoms with van der Waals surface area (Å²) in [4.78, 5) is 32.0. The summed E-state index contributed by atoms with van der Waals surface area (Å²) in [6.07, 6.45) is 12.0. The van der Waals surface area contributed by atoms with Gasteiger partial charge in [-0.15, -0.1) is 0 Å². The van der Waals surface area contributed by atoms with Crippen molar-refractivity contribution in [3.05, 3.63) is 69.9 Å². The first kappa shape index (κ1) is 21.3. The molecule has 4 rings (SSSR count). The fraction of sp³-hybridized carbons (Fsp3) is 0.458. The zero-order valence-corrected chi connectivity index (χ0v) is 18.0. The zero-order chi connectivity index (χ0) is 21.6. The molecule has 7 heteroatoms. The second kappa shape index (κ2) is 9.92. The van der Waals surface area contributed by atoms with Crippen molar-refractivity contribution in [3.8, 4) is 5.75 Å². The molecule has 0 saturated carbocycles. The van der Waals surface area contributed by atoms with Crippen LogP contribution in [0.5, 0.6) is 5.75 Å². The largest absolute Gasteiger partial charge is 0.488 e. The van der Waals surface area contributed by atoms with E-state index in [1.54, 1.807) is 17.0 Å². The minimum absolute atomic E-state index is 0.144. The summed E-state index contributed by atoms with van der Waals surface area (Å²) in [6, 6.07) is 5.09. The number of hydrogen-bond acceptors (Lipinski definition) is 6. The number of carbonyl (C=O) groups excluding carboxylic acids is 1. The Labute approximate surface area is 182 Å². The number of aromatic nitrogens is 2. The van der Waals surface area contributed by atoms with E-state index in [4.69, 9.17) is 9.47 Å². The predicted molar refractivity (Wildman–Crippen MR) is 117 cm³/mol. The molecule has 0 bridgehead atoms. The number of fused-ring (bicyclic) bond motifs is 1. The van der Waals surface area contributed by atoms with Crippen LogP contribution in [0.2, 0.25) is 0 Å². The highest BCUT2D eigenvalue weighted by Crippen LogP contribution is 2.26. The maximum absolute atomic E-state index is 12.9. The summed E-state index contributed by atoms with van der Waals surface area (Å²) in [5.74, 6) is 0.465. The van der Waals surface area contributed by atoms with Crippen LogP contribution in [0.1, 0.15) is 40.9 Å². The number of hydrogen-bond donors (Lipinski definition) is 0. The minimum atomic E-state index is -0.473. The summed E-state index contributed by atoms with van der Waals surface area (Å²) in [7, 11) is 1.36. The van der Waals surface area contributed by atoms with E-state index in [1.165, 1.54) is 19.6 Å². The standard InChI is InChI=1S/C24H29N3O4/c1-30-24(29)23-20-9-12-26(16-18-5-3-2-4-6-18)13-14-27(20)22(28)15-21(23)31-17-19-7-10-25-11-8-19/h2-3,7-8,10-11,15,18H,4-6,9,12-14,16-17H2,1H3. The molecule has 2 aromatic rings. The summed E-state index contributed by atoms with van der Waals surface area (Å²) < 4.78 is 12.7. The molecule has 1 atom stereocenters. The van der Waals surface area contributed by atoms with Crippen LogP contribution in [-0.2, 0) is 24.3 Å². The molecule has 1 unspecified atom stereocenters. The third-order valence-electron chi connectivity index (χ3n) is 6.11. The van der Waals surface area contributed by atoms with E-state index < -0.39 is 5.97 Å². The Morgan fingerprint density at radius 1 is 1.19 bits per heavy atom. The van der Waals surface area contributed by atoms with Crippen LogP contribution in [0.25, 0.3) is 0 Å². The molecule has 164 valence electrons. The van der Waals surface area contributed by atoms with Gasteiger partial charge in [-0.2, -0.15) is 0 Å². The number of allylic oxidation sites excluding steroid dienone is 2. The number of methoxy groups -OCH3 is 1. The van der Waals surface area contributed by atoms with Crippen LogP contribution in [0.3, 0.4) is 0 Å². The molecule has 0 amide bonds. The summed E-state index contributed by atoms with van der Waals surface area (Å²) in [5.41, 5.74) is 1.83. The van der Waals surface area contributed by atoms with Gasteiger partial charge in [0.25, 0.3) is 5.56 Å². The average molecular weight is 424 g/mol. The first-order chi connectivity index (χ1) is 15.2. The van der Waals surface area contributed by atoms with Gasteiger partial charge in [-0.3, -0.25) is 9.78 Å². The lowest BCUT2D eigenvalue weighted by Gasteiger charge is -2.26. The lowest BCUT2D eigenvalue weighted by atomic mass is 9.94. The number of nitrogens with zero attached hydrogens (tertiary/aromatic N) is 3. The van der Waals surface area contributed by atoms with E-state index in [0.717, 1.165) is 38.0 Å². The van der Waals surface area contributed by atoms with Crippen LogP contribution < -0.4 is 10.3 Å². The molecule has 1 aliphatic carbocycles. The lowest BCUT2D eigenvalue weighted by Crippen LogP contribution is -2.33. The fourth-order valence-electron chi connectivity index (χ4n) is 4.44. The molecule has 2 aromatic heterocycles. The summed E-state index contributed by atoms with van der Waals surface area (Å²) in [6.45, 7) is 3.43. The van der Waals surface area contributed by atoms with Crippen molar-refractivity contribution in [3.63, 3.8) is 0 Å². The molecule has 0 N–H and O–H groups in total. The number of pyridine rings is 2. The molecule has 0 saturated heterocycles. The predicted octanol–water partition coefficient (Wildman–Crippen LogP) is 2.82. The number of esters is 1. The van der Waals surface area contributed by atoms with Gasteiger partial charge >= 0.3 is 5.97 Å². The molecule has 7 nitrogen and oxygen atoms in total. The van der Waals surface area contributed by atoms with Crippen molar-refractivity contribution in [1.82, 2.24) is 14.5 Å². The van der Waals surface area contributed by atoms with Gasteiger partial charge in [0, 0.05) is 56.8 Å². The second-order valence-corrected chi connectivity index (χ2v) is 8.16. The van der Waals surface area contributed by atoms with E-state index in [0.29, 0.717) is 30.1 Å². The first-order valence-electron chi connectivity index (χ1n) is 10.9. The molecular formula is C24H29N3O4. The minimum Gasteiger partial charge on any atom is -0.488 e. The third-order valence-corrected chi connectivity index (χ3v) is 6.11. The maximum Gasteiger partial charge on any atom is 0.343 e. The Kier molecular flexibility index (Phi) is 6.82. The average Bonchev–Trinajstić information content (AvgIpc) is 3.02. The maximum atomic E-state index is 12.9. The summed E-state index contributed by atoms with van der Waals surface area (Å²) >= 11 is 0. The SMILES string of the molecule is COC(=O)c1c(OCc2ccncc2)cc(=O)n2c1CCN(CC1CC=CCC1)CC2. The second-order valence-electron chi connectivity index (χ2n) is 8.16. The van der Waals surface area contributed by atoms with Crippen LogP contribution in [0.15, 0.2) is 47.5 Å². The van der Waals surface area contributed by atoms with Crippen LogP contribution in [-0.4, -0.2) is 47.2 Å². The number of ether oxygens (including phenoxy) is 2. The van der Waals surface area contributed by atoms with E-state index in [-0.39, 0.29) is 17.9 Å². The smallest absolute Gasteiger partial charge is 0.343 e. The number of rotatable bonds is 6. The third kappa shape index (κ3) is 5.05. The van der Waals surface area contributed by atoms with Gasteiger partial charge in [-0.25, -0.2) is 4.79 Å². The van der Waals surface area contributed by atoms with Gasteiger partial charge < -0.3 is 18.9 Å². The highest BCUT2D eigenvalue weighted by atomic mass is 16.5. The van der Waals surface area contributed by atoms with Crippen molar-refractivity contribution in [2.75, 3.05) is 26.7 Å². The topological polar surface area (TPSA) is 73.7 Å².